The Morgan fingerprint density at radius 2 is 1.95 bits per heavy atom. The number of esters is 1. The summed E-state index contributed by atoms with van der Waals surface area (Å²) in [6.45, 7) is 4.59. The summed E-state index contributed by atoms with van der Waals surface area (Å²) >= 11 is 0. The number of benzene rings is 1. The smallest absolute Gasteiger partial charge is 0.310 e. The molecule has 1 saturated heterocycles. The summed E-state index contributed by atoms with van der Waals surface area (Å²) in [5.74, 6) is -2.59. The third-order valence-electron chi connectivity index (χ3n) is 4.45. The van der Waals surface area contributed by atoms with Gasteiger partial charge in [-0.15, -0.1) is 0 Å². The van der Waals surface area contributed by atoms with E-state index in [0.717, 1.165) is 6.07 Å². The van der Waals surface area contributed by atoms with Crippen LogP contribution in [0.2, 0.25) is 0 Å². The van der Waals surface area contributed by atoms with Crippen LogP contribution >= 0.6 is 0 Å². The van der Waals surface area contributed by atoms with Crippen molar-refractivity contribution in [3.63, 3.8) is 0 Å². The van der Waals surface area contributed by atoms with Gasteiger partial charge in [-0.25, -0.2) is 8.78 Å². The topological polar surface area (TPSA) is 38.8 Å². The highest BCUT2D eigenvalue weighted by Gasteiger charge is 2.45. The molecule has 0 aliphatic carbocycles. The zero-order chi connectivity index (χ0) is 16.5. The van der Waals surface area contributed by atoms with Crippen molar-refractivity contribution < 1.29 is 23.0 Å². The predicted molar refractivity (Wildman–Crippen MR) is 77.3 cm³/mol. The van der Waals surface area contributed by atoms with Gasteiger partial charge in [0.15, 0.2) is 0 Å². The summed E-state index contributed by atoms with van der Waals surface area (Å²) in [7, 11) is 2.89. The molecule has 1 aliphatic rings. The second-order valence-corrected chi connectivity index (χ2v) is 5.96. The average Bonchev–Trinajstić information content (AvgIpc) is 2.92. The molecule has 0 saturated carbocycles. The number of hydrogen-bond donors (Lipinski definition) is 0. The Hall–Kier alpha value is -1.53. The fraction of sp³-hybridized carbons (Fsp3) is 0.562. The van der Waals surface area contributed by atoms with E-state index in [-0.39, 0.29) is 0 Å². The molecule has 2 rings (SSSR count). The van der Waals surface area contributed by atoms with Crippen LogP contribution in [-0.4, -0.2) is 43.9 Å². The van der Waals surface area contributed by atoms with E-state index in [1.54, 1.807) is 7.11 Å². The molecule has 22 heavy (non-hydrogen) atoms. The van der Waals surface area contributed by atoms with Crippen LogP contribution in [0.1, 0.15) is 25.3 Å². The minimum atomic E-state index is -0.643. The van der Waals surface area contributed by atoms with Gasteiger partial charge in [-0.2, -0.15) is 0 Å². The van der Waals surface area contributed by atoms with Gasteiger partial charge in [0.05, 0.1) is 13.0 Å². The van der Waals surface area contributed by atoms with Crippen LogP contribution in [0.4, 0.5) is 8.78 Å². The lowest BCUT2D eigenvalue weighted by Crippen LogP contribution is -2.44. The van der Waals surface area contributed by atoms with E-state index in [4.69, 9.17) is 9.47 Å². The maximum Gasteiger partial charge on any atom is 0.310 e. The van der Waals surface area contributed by atoms with Crippen molar-refractivity contribution in [3.8, 4) is 0 Å². The molecule has 0 spiro atoms. The van der Waals surface area contributed by atoms with Crippen LogP contribution in [0.25, 0.3) is 0 Å². The van der Waals surface area contributed by atoms with E-state index < -0.39 is 35.2 Å². The van der Waals surface area contributed by atoms with E-state index in [9.17, 15) is 13.6 Å². The van der Waals surface area contributed by atoms with Crippen molar-refractivity contribution >= 4 is 5.97 Å². The molecule has 0 unspecified atom stereocenters. The normalized spacial score (nSPS) is 22.8. The van der Waals surface area contributed by atoms with E-state index in [2.05, 4.69) is 0 Å². The summed E-state index contributed by atoms with van der Waals surface area (Å²) in [5, 5.41) is 0. The lowest BCUT2D eigenvalue weighted by Gasteiger charge is -2.34. The molecule has 0 amide bonds. The van der Waals surface area contributed by atoms with Crippen LogP contribution in [0.15, 0.2) is 18.2 Å². The largest absolute Gasteiger partial charge is 0.469 e. The molecular formula is C16H21F2NO3. The van der Waals surface area contributed by atoms with Crippen LogP contribution in [-0.2, 0) is 14.3 Å². The number of likely N-dealkylation sites (tertiary alicyclic amines) is 1. The monoisotopic (exact) mass is 313 g/mol. The van der Waals surface area contributed by atoms with Gasteiger partial charge in [0.2, 0.25) is 0 Å². The van der Waals surface area contributed by atoms with E-state index >= 15 is 0 Å². The molecule has 122 valence electrons. The molecule has 1 heterocycles. The van der Waals surface area contributed by atoms with Crippen molar-refractivity contribution in [1.82, 2.24) is 4.90 Å². The molecule has 4 nitrogen and oxygen atoms in total. The summed E-state index contributed by atoms with van der Waals surface area (Å²) in [4.78, 5) is 14.0. The molecular weight excluding hydrogens is 292 g/mol. The highest BCUT2D eigenvalue weighted by molar-refractivity contribution is 5.74. The first-order valence-corrected chi connectivity index (χ1v) is 7.13. The molecule has 0 radical (unpaired) electrons. The summed E-state index contributed by atoms with van der Waals surface area (Å²) in [5.41, 5.74) is -0.261. The summed E-state index contributed by atoms with van der Waals surface area (Å²) < 4.78 is 37.5. The van der Waals surface area contributed by atoms with Gasteiger partial charge in [0.25, 0.3) is 0 Å². The van der Waals surface area contributed by atoms with Gasteiger partial charge >= 0.3 is 5.97 Å². The Morgan fingerprint density at radius 3 is 2.50 bits per heavy atom. The summed E-state index contributed by atoms with van der Waals surface area (Å²) in [6, 6.07) is 3.44. The maximum absolute atomic E-state index is 14.1. The second kappa shape index (κ2) is 6.30. The number of rotatable bonds is 4. The van der Waals surface area contributed by atoms with E-state index in [1.807, 2.05) is 18.7 Å². The van der Waals surface area contributed by atoms with Crippen molar-refractivity contribution in [2.75, 3.05) is 27.3 Å². The third-order valence-corrected chi connectivity index (χ3v) is 4.45. The van der Waals surface area contributed by atoms with Crippen molar-refractivity contribution in [1.29, 1.82) is 0 Å². The fourth-order valence-electron chi connectivity index (χ4n) is 2.88. The Labute approximate surface area is 129 Å². The molecule has 0 bridgehead atoms. The molecule has 1 fully saturated rings. The molecule has 2 atom stereocenters. The number of ether oxygens (including phenoxy) is 2. The molecule has 1 aromatic rings. The lowest BCUT2D eigenvalue weighted by molar-refractivity contribution is -0.146. The van der Waals surface area contributed by atoms with Crippen LogP contribution in [0.3, 0.4) is 0 Å². The molecule has 0 N–H and O–H groups in total. The molecule has 6 heteroatoms. The lowest BCUT2D eigenvalue weighted by atomic mass is 9.88. The Bertz CT molecular complexity index is 562. The van der Waals surface area contributed by atoms with Gasteiger partial charge in [0, 0.05) is 32.2 Å². The van der Waals surface area contributed by atoms with Gasteiger partial charge in [0.1, 0.15) is 17.4 Å². The highest BCUT2D eigenvalue weighted by Crippen LogP contribution is 2.38. The first kappa shape index (κ1) is 16.8. The predicted octanol–water partition coefficient (Wildman–Crippen LogP) is 2.54. The number of halogens is 2. The van der Waals surface area contributed by atoms with Crippen LogP contribution in [0, 0.1) is 17.6 Å². The van der Waals surface area contributed by atoms with Gasteiger partial charge in [-0.05, 0) is 25.5 Å². The van der Waals surface area contributed by atoms with Crippen molar-refractivity contribution in [2.45, 2.75) is 25.5 Å². The average molecular weight is 313 g/mol. The zero-order valence-electron chi connectivity index (χ0n) is 13.2. The maximum atomic E-state index is 14.1. The zero-order valence-corrected chi connectivity index (χ0v) is 13.2. The van der Waals surface area contributed by atoms with Crippen LogP contribution in [0.5, 0.6) is 0 Å². The van der Waals surface area contributed by atoms with Gasteiger partial charge < -0.3 is 9.47 Å². The fourth-order valence-corrected chi connectivity index (χ4v) is 2.88. The van der Waals surface area contributed by atoms with Crippen molar-refractivity contribution in [3.05, 3.63) is 35.4 Å². The quantitative estimate of drug-likeness (QED) is 0.801. The van der Waals surface area contributed by atoms with E-state index in [1.165, 1.54) is 19.2 Å². The number of carbonyl (C=O) groups excluding carboxylic acids is 1. The minimum Gasteiger partial charge on any atom is -0.469 e. The third kappa shape index (κ3) is 3.13. The molecule has 0 aromatic heterocycles. The Balaban J connectivity index is 2.36. The van der Waals surface area contributed by atoms with Gasteiger partial charge in [-0.3, -0.25) is 9.69 Å². The number of nitrogens with zero attached hydrogens (tertiary/aromatic N) is 1. The van der Waals surface area contributed by atoms with Crippen molar-refractivity contribution in [2.24, 2.45) is 5.92 Å². The first-order valence-electron chi connectivity index (χ1n) is 7.13. The van der Waals surface area contributed by atoms with Crippen LogP contribution < -0.4 is 0 Å². The second-order valence-electron chi connectivity index (χ2n) is 5.96. The standard InChI is InChI=1S/C16H21F2NO3/c1-16(2,22-4)19-8-12(13(9-19)15(20)21-3)11-6-5-10(17)7-14(11)18/h5-7,12-13H,8-9H2,1-4H3/t12-,13+/m0/s1. The molecule has 1 aromatic carbocycles. The summed E-state index contributed by atoms with van der Waals surface area (Å²) in [6.07, 6.45) is 0. The Morgan fingerprint density at radius 1 is 1.27 bits per heavy atom. The van der Waals surface area contributed by atoms with E-state index in [0.29, 0.717) is 18.7 Å². The first-order chi connectivity index (χ1) is 10.3. The molecule has 1 aliphatic heterocycles. The number of hydrogen-bond acceptors (Lipinski definition) is 4. The SMILES string of the molecule is COC(=O)[C@@H]1CN(C(C)(C)OC)C[C@H]1c1ccc(F)cc1F. The number of methoxy groups -OCH3 is 2. The Kier molecular flexibility index (Phi) is 4.82. The van der Waals surface area contributed by atoms with Gasteiger partial charge in [-0.1, -0.05) is 6.07 Å². The highest BCUT2D eigenvalue weighted by atomic mass is 19.1. The minimum absolute atomic E-state index is 0.325. The number of carbonyl (C=O) groups is 1.